The topological polar surface area (TPSA) is 80.1 Å². The summed E-state index contributed by atoms with van der Waals surface area (Å²) < 4.78 is 1.94. The molecule has 8 heteroatoms. The molecule has 0 saturated carbocycles. The highest BCUT2D eigenvalue weighted by molar-refractivity contribution is 7.09. The third kappa shape index (κ3) is 4.25. The van der Waals surface area contributed by atoms with Crippen LogP contribution in [0.5, 0.6) is 0 Å². The molecule has 0 aliphatic carbocycles. The maximum atomic E-state index is 12.5. The van der Waals surface area contributed by atoms with Crippen LogP contribution in [-0.2, 0) is 24.3 Å². The maximum Gasteiger partial charge on any atom is 0.273 e. The van der Waals surface area contributed by atoms with E-state index >= 15 is 0 Å². The molecule has 134 valence electrons. The second-order valence-corrected chi connectivity index (χ2v) is 7.61. The third-order valence-electron chi connectivity index (χ3n) is 4.03. The highest BCUT2D eigenvalue weighted by Gasteiger charge is 2.24. The summed E-state index contributed by atoms with van der Waals surface area (Å²) in [5, 5.41) is 10.1. The Kier molecular flexibility index (Phi) is 5.17. The Bertz CT molecular complexity index is 780. The van der Waals surface area contributed by atoms with Crippen molar-refractivity contribution in [2.75, 3.05) is 6.54 Å². The lowest BCUT2D eigenvalue weighted by atomic mass is 10.2. The van der Waals surface area contributed by atoms with Gasteiger partial charge in [0, 0.05) is 30.8 Å². The van der Waals surface area contributed by atoms with Gasteiger partial charge < -0.3 is 10.2 Å². The maximum absolute atomic E-state index is 12.5. The van der Waals surface area contributed by atoms with E-state index in [1.165, 1.54) is 11.3 Å². The Hall–Kier alpha value is -2.22. The molecular weight excluding hydrogens is 338 g/mol. The largest absolute Gasteiger partial charge is 0.354 e. The van der Waals surface area contributed by atoms with E-state index in [0.717, 1.165) is 16.4 Å². The van der Waals surface area contributed by atoms with Gasteiger partial charge in [0.25, 0.3) is 5.91 Å². The van der Waals surface area contributed by atoms with Crippen LogP contribution in [0.1, 0.15) is 47.2 Å². The summed E-state index contributed by atoms with van der Waals surface area (Å²) in [6.07, 6.45) is 1.03. The molecule has 0 unspecified atom stereocenters. The Morgan fingerprint density at radius 3 is 2.84 bits per heavy atom. The zero-order valence-electron chi connectivity index (χ0n) is 14.8. The first-order chi connectivity index (χ1) is 11.9. The molecule has 0 atom stereocenters. The van der Waals surface area contributed by atoms with E-state index in [2.05, 4.69) is 15.4 Å². The molecule has 3 rings (SSSR count). The van der Waals surface area contributed by atoms with E-state index < -0.39 is 0 Å². The summed E-state index contributed by atoms with van der Waals surface area (Å²) in [6.45, 7) is 7.61. The Morgan fingerprint density at radius 2 is 2.16 bits per heavy atom. The van der Waals surface area contributed by atoms with Gasteiger partial charge >= 0.3 is 0 Å². The SMILES string of the molecule is Cc1nc(C(=O)N2CCn3nc(CCC(=O)NC(C)C)cc3C2)cs1. The lowest BCUT2D eigenvalue weighted by molar-refractivity contribution is -0.121. The van der Waals surface area contributed by atoms with Crippen molar-refractivity contribution in [1.82, 2.24) is 25.0 Å². The van der Waals surface area contributed by atoms with Crippen molar-refractivity contribution in [3.05, 3.63) is 33.5 Å². The van der Waals surface area contributed by atoms with E-state index in [1.54, 1.807) is 4.90 Å². The number of carbonyl (C=O) groups excluding carboxylic acids is 2. The molecule has 2 amide bonds. The number of carbonyl (C=O) groups is 2. The van der Waals surface area contributed by atoms with Crippen molar-refractivity contribution in [3.63, 3.8) is 0 Å². The molecule has 0 spiro atoms. The van der Waals surface area contributed by atoms with Crippen molar-refractivity contribution in [3.8, 4) is 0 Å². The molecule has 3 heterocycles. The van der Waals surface area contributed by atoms with Crippen LogP contribution in [0.2, 0.25) is 0 Å². The Labute approximate surface area is 151 Å². The molecule has 1 aliphatic rings. The van der Waals surface area contributed by atoms with Crippen molar-refractivity contribution >= 4 is 23.2 Å². The Morgan fingerprint density at radius 1 is 1.36 bits per heavy atom. The van der Waals surface area contributed by atoms with Crippen molar-refractivity contribution in [2.45, 2.75) is 52.7 Å². The molecule has 0 bridgehead atoms. The molecule has 1 aliphatic heterocycles. The molecule has 2 aromatic rings. The molecule has 25 heavy (non-hydrogen) atoms. The van der Waals surface area contributed by atoms with Crippen LogP contribution >= 0.6 is 11.3 Å². The molecule has 1 N–H and O–H groups in total. The van der Waals surface area contributed by atoms with Gasteiger partial charge in [-0.15, -0.1) is 11.3 Å². The van der Waals surface area contributed by atoms with E-state index in [-0.39, 0.29) is 17.9 Å². The number of hydrogen-bond donors (Lipinski definition) is 1. The number of nitrogens with zero attached hydrogens (tertiary/aromatic N) is 4. The molecular formula is C17H23N5O2S. The average Bonchev–Trinajstić information content (AvgIpc) is 3.16. The molecule has 0 saturated heterocycles. The van der Waals surface area contributed by atoms with Gasteiger partial charge in [-0.2, -0.15) is 5.10 Å². The molecule has 0 fully saturated rings. The van der Waals surface area contributed by atoms with Crippen LogP contribution in [-0.4, -0.2) is 44.1 Å². The normalized spacial score (nSPS) is 13.8. The van der Waals surface area contributed by atoms with Crippen LogP contribution in [0.4, 0.5) is 0 Å². The first-order valence-corrected chi connectivity index (χ1v) is 9.36. The number of hydrogen-bond acceptors (Lipinski definition) is 5. The number of aromatic nitrogens is 3. The minimum Gasteiger partial charge on any atom is -0.354 e. The third-order valence-corrected chi connectivity index (χ3v) is 4.81. The zero-order chi connectivity index (χ0) is 18.0. The summed E-state index contributed by atoms with van der Waals surface area (Å²) in [6, 6.07) is 2.14. The van der Waals surface area contributed by atoms with E-state index in [0.29, 0.717) is 38.2 Å². The van der Waals surface area contributed by atoms with Crippen LogP contribution in [0, 0.1) is 6.92 Å². The van der Waals surface area contributed by atoms with Crippen molar-refractivity contribution in [2.24, 2.45) is 0 Å². The fraction of sp³-hybridized carbons (Fsp3) is 0.529. The van der Waals surface area contributed by atoms with E-state index in [1.807, 2.05) is 36.9 Å². The van der Waals surface area contributed by atoms with Crippen molar-refractivity contribution < 1.29 is 9.59 Å². The van der Waals surface area contributed by atoms with Gasteiger partial charge in [0.1, 0.15) is 5.69 Å². The summed E-state index contributed by atoms with van der Waals surface area (Å²) in [4.78, 5) is 30.4. The van der Waals surface area contributed by atoms with Crippen LogP contribution in [0.15, 0.2) is 11.4 Å². The number of rotatable bonds is 5. The van der Waals surface area contributed by atoms with E-state index in [4.69, 9.17) is 0 Å². The number of thiazole rings is 1. The number of fused-ring (bicyclic) bond motifs is 1. The first-order valence-electron chi connectivity index (χ1n) is 8.48. The molecule has 2 aromatic heterocycles. The summed E-state index contributed by atoms with van der Waals surface area (Å²) >= 11 is 1.49. The fourth-order valence-corrected chi connectivity index (χ4v) is 3.47. The molecule has 7 nitrogen and oxygen atoms in total. The van der Waals surface area contributed by atoms with Crippen LogP contribution in [0.25, 0.3) is 0 Å². The Balaban J connectivity index is 1.61. The highest BCUT2D eigenvalue weighted by Crippen LogP contribution is 2.18. The summed E-state index contributed by atoms with van der Waals surface area (Å²) in [5.41, 5.74) is 2.42. The van der Waals surface area contributed by atoms with Crippen LogP contribution in [0.3, 0.4) is 0 Å². The van der Waals surface area contributed by atoms with Crippen LogP contribution < -0.4 is 5.32 Å². The van der Waals surface area contributed by atoms with Gasteiger partial charge in [-0.05, 0) is 26.8 Å². The van der Waals surface area contributed by atoms with E-state index in [9.17, 15) is 9.59 Å². The second kappa shape index (κ2) is 7.35. The number of nitrogens with one attached hydrogen (secondary N) is 1. The van der Waals surface area contributed by atoms with Crippen molar-refractivity contribution in [1.29, 1.82) is 0 Å². The predicted molar refractivity (Wildman–Crippen MR) is 95.4 cm³/mol. The average molecular weight is 361 g/mol. The number of aryl methyl sites for hydroxylation is 2. The minimum absolute atomic E-state index is 0.0327. The van der Waals surface area contributed by atoms with Gasteiger partial charge in [-0.3, -0.25) is 14.3 Å². The molecule has 0 aromatic carbocycles. The van der Waals surface area contributed by atoms with Gasteiger partial charge in [0.05, 0.1) is 29.5 Å². The lowest BCUT2D eigenvalue weighted by Crippen LogP contribution is -2.38. The lowest BCUT2D eigenvalue weighted by Gasteiger charge is -2.27. The standard InChI is InChI=1S/C17H23N5O2S/c1-11(2)18-16(23)5-4-13-8-14-9-21(6-7-22(14)20-13)17(24)15-10-25-12(3)19-15/h8,10-11H,4-7,9H2,1-3H3,(H,18,23). The fourth-order valence-electron chi connectivity index (χ4n) is 2.88. The second-order valence-electron chi connectivity index (χ2n) is 6.55. The summed E-state index contributed by atoms with van der Waals surface area (Å²) in [5.74, 6) is 0.00587. The highest BCUT2D eigenvalue weighted by atomic mass is 32.1. The monoisotopic (exact) mass is 361 g/mol. The predicted octanol–water partition coefficient (Wildman–Crippen LogP) is 1.76. The van der Waals surface area contributed by atoms with Gasteiger partial charge in [0.2, 0.25) is 5.91 Å². The van der Waals surface area contributed by atoms with Gasteiger partial charge in [-0.25, -0.2) is 4.98 Å². The quantitative estimate of drug-likeness (QED) is 0.880. The minimum atomic E-state index is -0.0327. The number of amides is 2. The van der Waals surface area contributed by atoms with Gasteiger partial charge in [-0.1, -0.05) is 0 Å². The molecule has 0 radical (unpaired) electrons. The first kappa shape index (κ1) is 17.6. The van der Waals surface area contributed by atoms with Gasteiger partial charge in [0.15, 0.2) is 0 Å². The smallest absolute Gasteiger partial charge is 0.273 e. The zero-order valence-corrected chi connectivity index (χ0v) is 15.6. The summed E-state index contributed by atoms with van der Waals surface area (Å²) in [7, 11) is 0.